The summed E-state index contributed by atoms with van der Waals surface area (Å²) in [6, 6.07) is 75.6. The van der Waals surface area contributed by atoms with Gasteiger partial charge in [0.25, 0.3) is 0 Å². The van der Waals surface area contributed by atoms with Gasteiger partial charge in [0.05, 0.1) is 11.0 Å². The molecule has 0 saturated heterocycles. The van der Waals surface area contributed by atoms with Crippen molar-refractivity contribution in [2.24, 2.45) is 0 Å². The average molecular weight is 718 g/mol. The first-order valence-corrected chi connectivity index (χ1v) is 19.0. The van der Waals surface area contributed by atoms with Crippen molar-refractivity contribution < 1.29 is 4.42 Å². The Bertz CT molecular complexity index is 3180. The maximum atomic E-state index is 6.49. The molecule has 2 heterocycles. The predicted molar refractivity (Wildman–Crippen MR) is 235 cm³/mol. The second-order valence-electron chi connectivity index (χ2n) is 14.2. The number of fused-ring (bicyclic) bond motifs is 8. The third-order valence-corrected chi connectivity index (χ3v) is 10.9. The van der Waals surface area contributed by atoms with E-state index < -0.39 is 0 Å². The lowest BCUT2D eigenvalue weighted by atomic mass is 10.1. The van der Waals surface area contributed by atoms with Crippen LogP contribution < -0.4 is 9.80 Å². The van der Waals surface area contributed by atoms with Crippen LogP contribution in [0.2, 0.25) is 0 Å². The zero-order valence-corrected chi connectivity index (χ0v) is 30.5. The van der Waals surface area contributed by atoms with Crippen LogP contribution in [0, 0.1) is 0 Å². The van der Waals surface area contributed by atoms with E-state index in [0.717, 1.165) is 72.7 Å². The maximum Gasteiger partial charge on any atom is 0.143 e. The molecule has 56 heavy (non-hydrogen) atoms. The minimum atomic E-state index is 0.880. The van der Waals surface area contributed by atoms with Crippen LogP contribution in [-0.2, 0) is 0 Å². The molecule has 0 amide bonds. The standard InChI is InChI=1S/C52H35N3O/c1-4-15-37(16-5-1)53(42-30-33-51-48(34-42)47-31-24-36-14-10-11-21-44(36)52(47)56-51)40-25-27-41(28-26-40)54(38-17-6-2-7-18-38)43-29-32-46-45-22-12-13-23-49(45)55(50(46)35-43)39-19-8-3-9-20-39/h1-35H. The lowest BCUT2D eigenvalue weighted by Gasteiger charge is -2.28. The second-order valence-corrected chi connectivity index (χ2v) is 14.2. The van der Waals surface area contributed by atoms with Gasteiger partial charge in [-0.15, -0.1) is 0 Å². The van der Waals surface area contributed by atoms with Gasteiger partial charge in [-0.05, 0) is 109 Å². The molecule has 0 bridgehead atoms. The van der Waals surface area contributed by atoms with E-state index in [1.54, 1.807) is 0 Å². The number of nitrogens with zero attached hydrogens (tertiary/aromatic N) is 3. The third kappa shape index (κ3) is 5.23. The van der Waals surface area contributed by atoms with Crippen molar-refractivity contribution in [3.63, 3.8) is 0 Å². The number of rotatable bonds is 7. The van der Waals surface area contributed by atoms with Gasteiger partial charge < -0.3 is 18.8 Å². The van der Waals surface area contributed by atoms with Gasteiger partial charge in [0.2, 0.25) is 0 Å². The van der Waals surface area contributed by atoms with Crippen molar-refractivity contribution in [3.05, 3.63) is 212 Å². The van der Waals surface area contributed by atoms with Gasteiger partial charge in [-0.1, -0.05) is 109 Å². The molecule has 0 spiro atoms. The fraction of sp³-hybridized carbons (Fsp3) is 0. The van der Waals surface area contributed by atoms with Crippen LogP contribution in [0.3, 0.4) is 0 Å². The molecule has 4 nitrogen and oxygen atoms in total. The fourth-order valence-corrected chi connectivity index (χ4v) is 8.38. The van der Waals surface area contributed by atoms with Crippen LogP contribution in [0.5, 0.6) is 0 Å². The maximum absolute atomic E-state index is 6.49. The molecule has 9 aromatic carbocycles. The quantitative estimate of drug-likeness (QED) is 0.164. The van der Waals surface area contributed by atoms with Gasteiger partial charge in [-0.3, -0.25) is 0 Å². The van der Waals surface area contributed by atoms with Gasteiger partial charge in [0.15, 0.2) is 0 Å². The van der Waals surface area contributed by atoms with E-state index in [-0.39, 0.29) is 0 Å². The van der Waals surface area contributed by atoms with Crippen molar-refractivity contribution >= 4 is 88.6 Å². The zero-order valence-electron chi connectivity index (χ0n) is 30.5. The number of furan rings is 1. The molecular formula is C52H35N3O. The predicted octanol–water partition coefficient (Wildman–Crippen LogP) is 14.8. The number of benzene rings is 9. The number of hydrogen-bond donors (Lipinski definition) is 0. The molecule has 0 saturated carbocycles. The Balaban J connectivity index is 1.04. The molecule has 0 atom stereocenters. The summed E-state index contributed by atoms with van der Waals surface area (Å²) < 4.78 is 8.86. The van der Waals surface area contributed by atoms with Gasteiger partial charge >= 0.3 is 0 Å². The number of hydrogen-bond acceptors (Lipinski definition) is 3. The Morgan fingerprint density at radius 2 is 0.821 bits per heavy atom. The highest BCUT2D eigenvalue weighted by Crippen LogP contribution is 2.43. The van der Waals surface area contributed by atoms with Crippen molar-refractivity contribution in [1.82, 2.24) is 4.57 Å². The zero-order chi connectivity index (χ0) is 37.0. The Morgan fingerprint density at radius 3 is 1.52 bits per heavy atom. The molecule has 0 unspecified atom stereocenters. The Kier molecular flexibility index (Phi) is 7.46. The topological polar surface area (TPSA) is 24.6 Å². The molecular weight excluding hydrogens is 683 g/mol. The highest BCUT2D eigenvalue weighted by Gasteiger charge is 2.20. The molecule has 4 heteroatoms. The molecule has 0 aliphatic carbocycles. The number of anilines is 6. The molecule has 11 rings (SSSR count). The fourth-order valence-electron chi connectivity index (χ4n) is 8.38. The third-order valence-electron chi connectivity index (χ3n) is 10.9. The minimum absolute atomic E-state index is 0.880. The summed E-state index contributed by atoms with van der Waals surface area (Å²) >= 11 is 0. The molecule has 11 aromatic rings. The van der Waals surface area contributed by atoms with Crippen LogP contribution in [-0.4, -0.2) is 4.57 Å². The van der Waals surface area contributed by atoms with Crippen molar-refractivity contribution in [1.29, 1.82) is 0 Å². The molecule has 264 valence electrons. The van der Waals surface area contributed by atoms with E-state index in [1.165, 1.54) is 21.7 Å². The molecule has 0 aliphatic heterocycles. The smallest absolute Gasteiger partial charge is 0.143 e. The van der Waals surface area contributed by atoms with Crippen LogP contribution in [0.4, 0.5) is 34.1 Å². The van der Waals surface area contributed by atoms with Gasteiger partial charge in [0, 0.05) is 66.7 Å². The largest absolute Gasteiger partial charge is 0.455 e. The summed E-state index contributed by atoms with van der Waals surface area (Å²) in [4.78, 5) is 4.66. The lowest BCUT2D eigenvalue weighted by molar-refractivity contribution is 0.672. The summed E-state index contributed by atoms with van der Waals surface area (Å²) in [7, 11) is 0. The second kappa shape index (κ2) is 13.1. The lowest BCUT2D eigenvalue weighted by Crippen LogP contribution is -2.12. The SMILES string of the molecule is c1ccc(N(c2ccc(N(c3ccccc3)c3ccc4c5ccccc5n(-c5ccccc5)c4c3)cc2)c2ccc3oc4c5ccccc5ccc4c3c2)cc1. The van der Waals surface area contributed by atoms with Crippen LogP contribution in [0.25, 0.3) is 60.2 Å². The van der Waals surface area contributed by atoms with Crippen LogP contribution >= 0.6 is 0 Å². The normalized spacial score (nSPS) is 11.6. The van der Waals surface area contributed by atoms with E-state index in [2.05, 4.69) is 227 Å². The summed E-state index contributed by atoms with van der Waals surface area (Å²) in [5, 5.41) is 6.98. The first kappa shape index (κ1) is 31.9. The average Bonchev–Trinajstić information content (AvgIpc) is 3.81. The summed E-state index contributed by atoms with van der Waals surface area (Å²) in [5.74, 6) is 0. The van der Waals surface area contributed by atoms with Crippen LogP contribution in [0.1, 0.15) is 0 Å². The highest BCUT2D eigenvalue weighted by molar-refractivity contribution is 6.16. The Labute approximate surface area is 324 Å². The van der Waals surface area contributed by atoms with Gasteiger partial charge in [-0.2, -0.15) is 0 Å². The van der Waals surface area contributed by atoms with E-state index in [9.17, 15) is 0 Å². The number of para-hydroxylation sites is 4. The molecule has 2 aromatic heterocycles. The molecule has 0 fully saturated rings. The van der Waals surface area contributed by atoms with Gasteiger partial charge in [-0.25, -0.2) is 0 Å². The monoisotopic (exact) mass is 717 g/mol. The Hall–Kier alpha value is -7.56. The van der Waals surface area contributed by atoms with Gasteiger partial charge in [0.1, 0.15) is 11.2 Å². The van der Waals surface area contributed by atoms with Crippen molar-refractivity contribution in [2.45, 2.75) is 0 Å². The highest BCUT2D eigenvalue weighted by atomic mass is 16.3. The summed E-state index contributed by atoms with van der Waals surface area (Å²) in [6.45, 7) is 0. The van der Waals surface area contributed by atoms with Crippen molar-refractivity contribution in [3.8, 4) is 5.69 Å². The van der Waals surface area contributed by atoms with E-state index in [0.29, 0.717) is 0 Å². The molecule has 0 radical (unpaired) electrons. The van der Waals surface area contributed by atoms with Crippen molar-refractivity contribution in [2.75, 3.05) is 9.80 Å². The first-order chi connectivity index (χ1) is 27.8. The first-order valence-electron chi connectivity index (χ1n) is 19.0. The molecule has 0 N–H and O–H groups in total. The number of aromatic nitrogens is 1. The minimum Gasteiger partial charge on any atom is -0.455 e. The Morgan fingerprint density at radius 1 is 0.321 bits per heavy atom. The van der Waals surface area contributed by atoms with Crippen LogP contribution in [0.15, 0.2) is 217 Å². The van der Waals surface area contributed by atoms with E-state index in [1.807, 2.05) is 0 Å². The van der Waals surface area contributed by atoms with E-state index in [4.69, 9.17) is 4.42 Å². The molecule has 0 aliphatic rings. The summed E-state index contributed by atoms with van der Waals surface area (Å²) in [5.41, 5.74) is 11.7. The summed E-state index contributed by atoms with van der Waals surface area (Å²) in [6.07, 6.45) is 0. The van der Waals surface area contributed by atoms with E-state index >= 15 is 0 Å².